The van der Waals surface area contributed by atoms with Gasteiger partial charge in [0.15, 0.2) is 0 Å². The van der Waals surface area contributed by atoms with Crippen LogP contribution in [0, 0.1) is 15.9 Å². The van der Waals surface area contributed by atoms with E-state index in [-0.39, 0.29) is 18.0 Å². The van der Waals surface area contributed by atoms with Crippen LogP contribution in [0.1, 0.15) is 24.2 Å². The van der Waals surface area contributed by atoms with Gasteiger partial charge in [0.25, 0.3) is 5.91 Å². The molecule has 0 bridgehead atoms. The number of rotatable bonds is 2. The van der Waals surface area contributed by atoms with Crippen LogP contribution in [0.5, 0.6) is 0 Å². The maximum atomic E-state index is 13.6. The molecule has 1 saturated heterocycles. The van der Waals surface area contributed by atoms with Crippen LogP contribution in [0.25, 0.3) is 0 Å². The molecule has 21 heavy (non-hydrogen) atoms. The first-order valence-corrected chi connectivity index (χ1v) is 6.29. The lowest BCUT2D eigenvalue weighted by Gasteiger charge is -2.41. The van der Waals surface area contributed by atoms with Crippen LogP contribution in [0.3, 0.4) is 0 Å². The maximum Gasteiger partial charge on any atom is 0.304 e. The summed E-state index contributed by atoms with van der Waals surface area (Å²) in [5, 5.41) is 13.2. The van der Waals surface area contributed by atoms with Crippen molar-refractivity contribution in [2.24, 2.45) is 0 Å². The summed E-state index contributed by atoms with van der Waals surface area (Å²) < 4.78 is 13.6. The first-order chi connectivity index (χ1) is 9.75. The summed E-state index contributed by atoms with van der Waals surface area (Å²) in [7, 11) is 0. The van der Waals surface area contributed by atoms with Crippen molar-refractivity contribution in [3.63, 3.8) is 0 Å². The van der Waals surface area contributed by atoms with Gasteiger partial charge < -0.3 is 10.2 Å². The van der Waals surface area contributed by atoms with Crippen LogP contribution < -0.4 is 5.32 Å². The van der Waals surface area contributed by atoms with E-state index in [4.69, 9.17) is 0 Å². The predicted octanol–water partition coefficient (Wildman–Crippen LogP) is 1.08. The lowest BCUT2D eigenvalue weighted by atomic mass is 9.97. The fraction of sp³-hybridized carbons (Fsp3) is 0.385. The van der Waals surface area contributed by atoms with Crippen LogP contribution in [-0.4, -0.2) is 40.3 Å². The van der Waals surface area contributed by atoms with Gasteiger partial charge in [0.05, 0.1) is 4.92 Å². The van der Waals surface area contributed by atoms with Gasteiger partial charge in [-0.25, -0.2) is 0 Å². The average molecular weight is 295 g/mol. The molecule has 0 radical (unpaired) electrons. The van der Waals surface area contributed by atoms with Crippen LogP contribution in [0.4, 0.5) is 10.1 Å². The number of piperazine rings is 1. The Hall–Kier alpha value is -2.51. The third kappa shape index (κ3) is 2.56. The molecule has 1 heterocycles. The van der Waals surface area contributed by atoms with E-state index in [9.17, 15) is 24.1 Å². The lowest BCUT2D eigenvalue weighted by Crippen LogP contribution is -2.63. The zero-order valence-corrected chi connectivity index (χ0v) is 11.6. The smallest absolute Gasteiger partial charge is 0.304 e. The number of carbonyl (C=O) groups excluding carboxylic acids is 2. The summed E-state index contributed by atoms with van der Waals surface area (Å²) in [5.41, 5.74) is -1.78. The summed E-state index contributed by atoms with van der Waals surface area (Å²) in [6, 6.07) is 2.95. The van der Waals surface area contributed by atoms with Gasteiger partial charge in [-0.2, -0.15) is 4.39 Å². The standard InChI is InChI=1S/C13H14FN3O4/c1-13(2)12(19)15-5-6-16(13)11(18)8-3-4-10(17(20)21)9(14)7-8/h3-4,7H,5-6H2,1-2H3,(H,15,19). The molecule has 1 aliphatic rings. The van der Waals surface area contributed by atoms with Crippen molar-refractivity contribution in [2.75, 3.05) is 13.1 Å². The SMILES string of the molecule is CC1(C)C(=O)NCCN1C(=O)c1ccc([N+](=O)[O-])c(F)c1. The monoisotopic (exact) mass is 295 g/mol. The molecule has 0 unspecified atom stereocenters. The van der Waals surface area contributed by atoms with Gasteiger partial charge >= 0.3 is 5.69 Å². The summed E-state index contributed by atoms with van der Waals surface area (Å²) in [5.74, 6) is -1.92. The molecule has 2 amide bonds. The molecule has 1 aromatic carbocycles. The van der Waals surface area contributed by atoms with Gasteiger partial charge in [0.2, 0.25) is 11.7 Å². The van der Waals surface area contributed by atoms with Crippen molar-refractivity contribution in [3.05, 3.63) is 39.7 Å². The highest BCUT2D eigenvalue weighted by Gasteiger charge is 2.40. The van der Waals surface area contributed by atoms with E-state index < -0.39 is 27.9 Å². The van der Waals surface area contributed by atoms with Crippen molar-refractivity contribution < 1.29 is 18.9 Å². The van der Waals surface area contributed by atoms with Gasteiger partial charge in [0, 0.05) is 24.7 Å². The molecule has 0 aliphatic carbocycles. The number of nitro benzene ring substituents is 1. The van der Waals surface area contributed by atoms with Crippen LogP contribution in [-0.2, 0) is 4.79 Å². The summed E-state index contributed by atoms with van der Waals surface area (Å²) in [4.78, 5) is 35.2. The zero-order chi connectivity index (χ0) is 15.8. The van der Waals surface area contributed by atoms with E-state index in [2.05, 4.69) is 5.32 Å². The van der Waals surface area contributed by atoms with Gasteiger partial charge in [0.1, 0.15) is 5.54 Å². The number of benzene rings is 1. The Morgan fingerprint density at radius 3 is 2.71 bits per heavy atom. The highest BCUT2D eigenvalue weighted by atomic mass is 19.1. The van der Waals surface area contributed by atoms with Crippen LogP contribution in [0.2, 0.25) is 0 Å². The third-order valence-corrected chi connectivity index (χ3v) is 3.49. The first-order valence-electron chi connectivity index (χ1n) is 6.29. The number of hydrogen-bond acceptors (Lipinski definition) is 4. The average Bonchev–Trinajstić information content (AvgIpc) is 2.40. The van der Waals surface area contributed by atoms with Crippen molar-refractivity contribution >= 4 is 17.5 Å². The van der Waals surface area contributed by atoms with Crippen LogP contribution in [0.15, 0.2) is 18.2 Å². The fourth-order valence-electron chi connectivity index (χ4n) is 2.20. The Morgan fingerprint density at radius 1 is 1.48 bits per heavy atom. The Morgan fingerprint density at radius 2 is 2.14 bits per heavy atom. The molecular weight excluding hydrogens is 281 g/mol. The lowest BCUT2D eigenvalue weighted by molar-refractivity contribution is -0.387. The molecule has 0 atom stereocenters. The first kappa shape index (κ1) is 14.9. The second-order valence-electron chi connectivity index (χ2n) is 5.20. The number of hydrogen-bond donors (Lipinski definition) is 1. The van der Waals surface area contributed by atoms with E-state index in [0.717, 1.165) is 12.1 Å². The largest absolute Gasteiger partial charge is 0.352 e. The topological polar surface area (TPSA) is 92.6 Å². The number of carbonyl (C=O) groups is 2. The number of nitro groups is 1. The third-order valence-electron chi connectivity index (χ3n) is 3.49. The van der Waals surface area contributed by atoms with E-state index in [0.29, 0.717) is 6.54 Å². The Kier molecular flexibility index (Phi) is 3.63. The minimum absolute atomic E-state index is 0.0270. The van der Waals surface area contributed by atoms with E-state index in [1.807, 2.05) is 0 Å². The van der Waals surface area contributed by atoms with Crippen molar-refractivity contribution in [1.29, 1.82) is 0 Å². The molecule has 0 spiro atoms. The van der Waals surface area contributed by atoms with Gasteiger partial charge in [-0.3, -0.25) is 19.7 Å². The number of amides is 2. The minimum Gasteiger partial charge on any atom is -0.352 e. The molecule has 1 N–H and O–H groups in total. The number of nitrogens with zero attached hydrogens (tertiary/aromatic N) is 2. The highest BCUT2D eigenvalue weighted by molar-refractivity contribution is 5.99. The molecule has 0 aromatic heterocycles. The Balaban J connectivity index is 2.34. The number of nitrogens with one attached hydrogen (secondary N) is 1. The summed E-state index contributed by atoms with van der Waals surface area (Å²) >= 11 is 0. The Labute approximate surface area is 119 Å². The number of halogens is 1. The van der Waals surface area contributed by atoms with Crippen LogP contribution >= 0.6 is 0 Å². The molecule has 8 heteroatoms. The zero-order valence-electron chi connectivity index (χ0n) is 11.6. The minimum atomic E-state index is -1.08. The van der Waals surface area contributed by atoms with E-state index in [1.54, 1.807) is 13.8 Å². The van der Waals surface area contributed by atoms with Crippen molar-refractivity contribution in [1.82, 2.24) is 10.2 Å². The second-order valence-corrected chi connectivity index (χ2v) is 5.20. The molecule has 1 aromatic rings. The highest BCUT2D eigenvalue weighted by Crippen LogP contribution is 2.23. The van der Waals surface area contributed by atoms with Gasteiger partial charge in [-0.15, -0.1) is 0 Å². The summed E-state index contributed by atoms with van der Waals surface area (Å²) in [6.45, 7) is 3.77. The quantitative estimate of drug-likeness (QED) is 0.653. The summed E-state index contributed by atoms with van der Waals surface area (Å²) in [6.07, 6.45) is 0. The molecule has 112 valence electrons. The molecule has 1 fully saturated rings. The molecule has 0 saturated carbocycles. The van der Waals surface area contributed by atoms with Crippen molar-refractivity contribution in [2.45, 2.75) is 19.4 Å². The molecular formula is C13H14FN3O4. The van der Waals surface area contributed by atoms with E-state index >= 15 is 0 Å². The molecule has 2 rings (SSSR count). The second kappa shape index (κ2) is 5.12. The maximum absolute atomic E-state index is 13.6. The predicted molar refractivity (Wildman–Crippen MR) is 71.2 cm³/mol. The molecule has 7 nitrogen and oxygen atoms in total. The Bertz CT molecular complexity index is 630. The normalized spacial score (nSPS) is 17.3. The molecule has 1 aliphatic heterocycles. The van der Waals surface area contributed by atoms with Gasteiger partial charge in [-0.05, 0) is 26.0 Å². The van der Waals surface area contributed by atoms with Gasteiger partial charge in [-0.1, -0.05) is 0 Å². The van der Waals surface area contributed by atoms with E-state index in [1.165, 1.54) is 11.0 Å². The van der Waals surface area contributed by atoms with Crippen molar-refractivity contribution in [3.8, 4) is 0 Å². The fourth-order valence-corrected chi connectivity index (χ4v) is 2.20.